The highest BCUT2D eigenvalue weighted by atomic mass is 35.5. The molecule has 2 aliphatic heterocycles. The quantitative estimate of drug-likeness (QED) is 0.395. The van der Waals surface area contributed by atoms with Gasteiger partial charge in [0, 0.05) is 42.3 Å². The maximum atomic E-state index is 13.8. The molecule has 0 N–H and O–H groups in total. The number of hydrogen-bond donors (Lipinski definition) is 0. The van der Waals surface area contributed by atoms with E-state index in [0.29, 0.717) is 48.2 Å². The summed E-state index contributed by atoms with van der Waals surface area (Å²) in [4.78, 5) is 32.1. The van der Waals surface area contributed by atoms with Crippen LogP contribution in [-0.2, 0) is 16.0 Å². The Morgan fingerprint density at radius 3 is 2.75 bits per heavy atom. The monoisotopic (exact) mass is 526 g/mol. The standard InChI is InChI=1S/C27H27ClN2O5S/c1-33-13-2-11-29(27(32)19-5-8-22-23(15-19)35-17-34-22)16-25(31)30-12-9-24-21(10-14-36-24)26(30)18-3-6-20(28)7-4-18/h3-8,10,14-15,26H,2,9,11-13,16-17H2,1H3. The van der Waals surface area contributed by atoms with Crippen LogP contribution in [0.5, 0.6) is 11.5 Å². The number of fused-ring (bicyclic) bond motifs is 2. The van der Waals surface area contributed by atoms with Gasteiger partial charge < -0.3 is 24.0 Å². The van der Waals surface area contributed by atoms with Crippen molar-refractivity contribution in [3.8, 4) is 11.5 Å². The molecule has 188 valence electrons. The van der Waals surface area contributed by atoms with E-state index in [4.69, 9.17) is 25.8 Å². The Labute approximate surface area is 219 Å². The predicted octanol–water partition coefficient (Wildman–Crippen LogP) is 4.78. The number of amides is 2. The number of carbonyl (C=O) groups is 2. The number of carbonyl (C=O) groups excluding carboxylic acids is 2. The lowest BCUT2D eigenvalue weighted by molar-refractivity contribution is -0.134. The lowest BCUT2D eigenvalue weighted by atomic mass is 9.93. The first-order chi connectivity index (χ1) is 17.5. The van der Waals surface area contributed by atoms with E-state index in [1.165, 1.54) is 4.88 Å². The third-order valence-electron chi connectivity index (χ3n) is 6.48. The van der Waals surface area contributed by atoms with Gasteiger partial charge in [-0.3, -0.25) is 9.59 Å². The van der Waals surface area contributed by atoms with E-state index in [-0.39, 0.29) is 31.2 Å². The third kappa shape index (κ3) is 5.07. The van der Waals surface area contributed by atoms with Gasteiger partial charge in [0.25, 0.3) is 5.91 Å². The van der Waals surface area contributed by atoms with Crippen LogP contribution in [0.1, 0.15) is 38.8 Å². The second kappa shape index (κ2) is 10.9. The van der Waals surface area contributed by atoms with Gasteiger partial charge in [0.2, 0.25) is 12.7 Å². The van der Waals surface area contributed by atoms with Gasteiger partial charge in [0.1, 0.15) is 6.54 Å². The first kappa shape index (κ1) is 24.6. The molecular weight excluding hydrogens is 500 g/mol. The summed E-state index contributed by atoms with van der Waals surface area (Å²) in [6, 6.07) is 14.6. The number of ether oxygens (including phenoxy) is 3. The van der Waals surface area contributed by atoms with Gasteiger partial charge >= 0.3 is 0 Å². The third-order valence-corrected chi connectivity index (χ3v) is 7.73. The summed E-state index contributed by atoms with van der Waals surface area (Å²) in [7, 11) is 1.62. The van der Waals surface area contributed by atoms with Crippen molar-refractivity contribution in [2.24, 2.45) is 0 Å². The fraction of sp³-hybridized carbons (Fsp3) is 0.333. The molecule has 2 aromatic carbocycles. The Hall–Kier alpha value is -3.07. The summed E-state index contributed by atoms with van der Waals surface area (Å²) >= 11 is 7.85. The van der Waals surface area contributed by atoms with Crippen molar-refractivity contribution in [2.75, 3.05) is 40.1 Å². The molecule has 1 aromatic heterocycles. The molecule has 3 aromatic rings. The molecule has 2 aliphatic rings. The number of halogens is 1. The van der Waals surface area contributed by atoms with Crippen molar-refractivity contribution < 1.29 is 23.8 Å². The van der Waals surface area contributed by atoms with Gasteiger partial charge in [-0.15, -0.1) is 11.3 Å². The van der Waals surface area contributed by atoms with Gasteiger partial charge in [0.05, 0.1) is 6.04 Å². The average Bonchev–Trinajstić information content (AvgIpc) is 3.56. The molecule has 9 heteroatoms. The van der Waals surface area contributed by atoms with Crippen LogP contribution in [0.2, 0.25) is 5.02 Å². The molecule has 7 nitrogen and oxygen atoms in total. The van der Waals surface area contributed by atoms with E-state index in [1.54, 1.807) is 41.5 Å². The summed E-state index contributed by atoms with van der Waals surface area (Å²) in [6.45, 7) is 1.59. The van der Waals surface area contributed by atoms with Crippen LogP contribution >= 0.6 is 22.9 Å². The highest BCUT2D eigenvalue weighted by Crippen LogP contribution is 2.38. The van der Waals surface area contributed by atoms with Crippen molar-refractivity contribution in [3.63, 3.8) is 0 Å². The minimum Gasteiger partial charge on any atom is -0.454 e. The van der Waals surface area contributed by atoms with E-state index < -0.39 is 0 Å². The van der Waals surface area contributed by atoms with Crippen LogP contribution in [0, 0.1) is 0 Å². The summed E-state index contributed by atoms with van der Waals surface area (Å²) in [5.41, 5.74) is 2.59. The molecule has 5 rings (SSSR count). The largest absolute Gasteiger partial charge is 0.454 e. The predicted molar refractivity (Wildman–Crippen MR) is 138 cm³/mol. The maximum Gasteiger partial charge on any atom is 0.254 e. The van der Waals surface area contributed by atoms with E-state index in [1.807, 2.05) is 29.2 Å². The normalized spacial score (nSPS) is 16.1. The number of thiophene rings is 1. The topological polar surface area (TPSA) is 68.3 Å². The van der Waals surface area contributed by atoms with Crippen molar-refractivity contribution in [1.29, 1.82) is 0 Å². The van der Waals surface area contributed by atoms with Gasteiger partial charge in [-0.05, 0) is 65.7 Å². The van der Waals surface area contributed by atoms with Crippen LogP contribution in [0.15, 0.2) is 53.9 Å². The van der Waals surface area contributed by atoms with E-state index >= 15 is 0 Å². The smallest absolute Gasteiger partial charge is 0.254 e. The van der Waals surface area contributed by atoms with Crippen molar-refractivity contribution >= 4 is 34.8 Å². The first-order valence-electron chi connectivity index (χ1n) is 11.8. The zero-order valence-corrected chi connectivity index (χ0v) is 21.5. The Bertz CT molecular complexity index is 1250. The molecule has 1 atom stereocenters. The number of hydrogen-bond acceptors (Lipinski definition) is 6. The van der Waals surface area contributed by atoms with Gasteiger partial charge in [-0.2, -0.15) is 0 Å². The molecule has 0 aliphatic carbocycles. The molecule has 0 saturated heterocycles. The molecule has 3 heterocycles. The molecule has 0 spiro atoms. The number of rotatable bonds is 8. The molecule has 36 heavy (non-hydrogen) atoms. The highest BCUT2D eigenvalue weighted by Gasteiger charge is 2.34. The second-order valence-corrected chi connectivity index (χ2v) is 10.2. The molecule has 1 unspecified atom stereocenters. The van der Waals surface area contributed by atoms with Crippen molar-refractivity contribution in [3.05, 3.63) is 80.5 Å². The SMILES string of the molecule is COCCCN(CC(=O)N1CCc2sccc2C1c1ccc(Cl)cc1)C(=O)c1ccc2c(c1)OCO2. The number of nitrogens with zero attached hydrogens (tertiary/aromatic N) is 2. The van der Waals surface area contributed by atoms with E-state index in [0.717, 1.165) is 17.5 Å². The van der Waals surface area contributed by atoms with Crippen molar-refractivity contribution in [2.45, 2.75) is 18.9 Å². The molecule has 0 fully saturated rings. The van der Waals surface area contributed by atoms with Crippen LogP contribution in [0.4, 0.5) is 0 Å². The zero-order valence-electron chi connectivity index (χ0n) is 19.9. The Morgan fingerprint density at radius 2 is 1.94 bits per heavy atom. The highest BCUT2D eigenvalue weighted by molar-refractivity contribution is 7.10. The second-order valence-electron chi connectivity index (χ2n) is 8.73. The lowest BCUT2D eigenvalue weighted by Gasteiger charge is -2.37. The summed E-state index contributed by atoms with van der Waals surface area (Å²) in [6.07, 6.45) is 1.41. The summed E-state index contributed by atoms with van der Waals surface area (Å²) in [5.74, 6) is 0.819. The molecule has 0 saturated carbocycles. The minimum atomic E-state index is -0.228. The lowest BCUT2D eigenvalue weighted by Crippen LogP contribution is -2.47. The summed E-state index contributed by atoms with van der Waals surface area (Å²) < 4.78 is 16.0. The number of methoxy groups -OCH3 is 1. The fourth-order valence-corrected chi connectivity index (χ4v) is 5.74. The van der Waals surface area contributed by atoms with Gasteiger partial charge in [-0.25, -0.2) is 0 Å². The van der Waals surface area contributed by atoms with Gasteiger partial charge in [-0.1, -0.05) is 23.7 Å². The van der Waals surface area contributed by atoms with Crippen LogP contribution in [-0.4, -0.2) is 61.8 Å². The summed E-state index contributed by atoms with van der Waals surface area (Å²) in [5, 5.41) is 2.72. The first-order valence-corrected chi connectivity index (χ1v) is 13.1. The average molecular weight is 527 g/mol. The Morgan fingerprint density at radius 1 is 1.14 bits per heavy atom. The maximum absolute atomic E-state index is 13.8. The van der Waals surface area contributed by atoms with Crippen LogP contribution in [0.3, 0.4) is 0 Å². The van der Waals surface area contributed by atoms with E-state index in [2.05, 4.69) is 11.4 Å². The molecule has 2 amide bonds. The van der Waals surface area contributed by atoms with Crippen LogP contribution in [0.25, 0.3) is 0 Å². The van der Waals surface area contributed by atoms with Crippen LogP contribution < -0.4 is 9.47 Å². The van der Waals surface area contributed by atoms with Gasteiger partial charge in [0.15, 0.2) is 11.5 Å². The zero-order chi connectivity index (χ0) is 25.1. The number of benzene rings is 2. The molecule has 0 radical (unpaired) electrons. The Balaban J connectivity index is 1.40. The minimum absolute atomic E-state index is 0.0272. The van der Waals surface area contributed by atoms with Crippen molar-refractivity contribution in [1.82, 2.24) is 9.80 Å². The Kier molecular flexibility index (Phi) is 7.46. The molecule has 0 bridgehead atoms. The fourth-order valence-electron chi connectivity index (χ4n) is 4.71. The molecular formula is C27H27ClN2O5S. The van der Waals surface area contributed by atoms with E-state index in [9.17, 15) is 9.59 Å².